The summed E-state index contributed by atoms with van der Waals surface area (Å²) >= 11 is 0. The SMILES string of the molecule is CCOC(=O)Cn1cnc2c(c1=O)N[C@](C)(c1cc(-c3c(F)cccc3F)no1)CO2. The second-order valence-electron chi connectivity index (χ2n) is 7.08. The Labute approximate surface area is 174 Å². The van der Waals surface area contributed by atoms with Gasteiger partial charge in [0, 0.05) is 6.07 Å². The highest BCUT2D eigenvalue weighted by Crippen LogP contribution is 2.36. The van der Waals surface area contributed by atoms with Crippen LogP contribution in [0.25, 0.3) is 11.3 Å². The van der Waals surface area contributed by atoms with Crippen molar-refractivity contribution in [3.05, 3.63) is 58.3 Å². The molecule has 9 nitrogen and oxygen atoms in total. The molecule has 1 aliphatic rings. The van der Waals surface area contributed by atoms with Crippen LogP contribution in [0.5, 0.6) is 5.88 Å². The molecule has 0 bridgehead atoms. The number of ether oxygens (including phenoxy) is 2. The first-order valence-electron chi connectivity index (χ1n) is 9.40. The molecule has 0 spiro atoms. The topological polar surface area (TPSA) is 108 Å². The van der Waals surface area contributed by atoms with Crippen LogP contribution >= 0.6 is 0 Å². The van der Waals surface area contributed by atoms with Gasteiger partial charge in [-0.15, -0.1) is 0 Å². The minimum absolute atomic E-state index is 0.00270. The molecular weight excluding hydrogens is 414 g/mol. The monoisotopic (exact) mass is 432 g/mol. The molecule has 31 heavy (non-hydrogen) atoms. The molecule has 1 atom stereocenters. The molecule has 3 heterocycles. The Balaban J connectivity index is 1.66. The van der Waals surface area contributed by atoms with Crippen LogP contribution in [0.15, 0.2) is 39.9 Å². The van der Waals surface area contributed by atoms with E-state index in [9.17, 15) is 18.4 Å². The van der Waals surface area contributed by atoms with Crippen molar-refractivity contribution in [2.45, 2.75) is 25.9 Å². The van der Waals surface area contributed by atoms with Crippen molar-refractivity contribution in [1.29, 1.82) is 0 Å². The fourth-order valence-corrected chi connectivity index (χ4v) is 3.20. The van der Waals surface area contributed by atoms with Crippen LogP contribution in [0.1, 0.15) is 19.6 Å². The van der Waals surface area contributed by atoms with E-state index >= 15 is 0 Å². The Morgan fingerprint density at radius 3 is 2.81 bits per heavy atom. The largest absolute Gasteiger partial charge is 0.473 e. The summed E-state index contributed by atoms with van der Waals surface area (Å²) in [5, 5.41) is 6.78. The molecule has 2 aromatic heterocycles. The Morgan fingerprint density at radius 1 is 1.35 bits per heavy atom. The number of hydrogen-bond acceptors (Lipinski definition) is 8. The third kappa shape index (κ3) is 3.74. The molecule has 0 saturated carbocycles. The Bertz CT molecular complexity index is 1190. The van der Waals surface area contributed by atoms with Crippen LogP contribution in [0.2, 0.25) is 0 Å². The second-order valence-corrected chi connectivity index (χ2v) is 7.08. The van der Waals surface area contributed by atoms with Crippen molar-refractivity contribution in [3.8, 4) is 17.1 Å². The van der Waals surface area contributed by atoms with E-state index in [1.165, 1.54) is 18.5 Å². The minimum Gasteiger partial charge on any atom is -0.473 e. The van der Waals surface area contributed by atoms with Gasteiger partial charge >= 0.3 is 5.97 Å². The van der Waals surface area contributed by atoms with Gasteiger partial charge in [0.05, 0.1) is 12.2 Å². The van der Waals surface area contributed by atoms with Gasteiger partial charge in [-0.05, 0) is 26.0 Å². The van der Waals surface area contributed by atoms with Gasteiger partial charge in [-0.2, -0.15) is 0 Å². The maximum atomic E-state index is 14.1. The molecule has 3 aromatic rings. The first kappa shape index (κ1) is 20.5. The average Bonchev–Trinajstić information content (AvgIpc) is 3.21. The van der Waals surface area contributed by atoms with Crippen LogP contribution in [0.3, 0.4) is 0 Å². The quantitative estimate of drug-likeness (QED) is 0.613. The van der Waals surface area contributed by atoms with E-state index in [2.05, 4.69) is 15.5 Å². The zero-order valence-corrected chi connectivity index (χ0v) is 16.6. The van der Waals surface area contributed by atoms with E-state index in [1.54, 1.807) is 13.8 Å². The number of nitrogens with one attached hydrogen (secondary N) is 1. The van der Waals surface area contributed by atoms with Gasteiger partial charge < -0.3 is 19.3 Å². The minimum atomic E-state index is -1.09. The summed E-state index contributed by atoms with van der Waals surface area (Å²) in [5.41, 5.74) is -1.99. The van der Waals surface area contributed by atoms with Gasteiger partial charge in [-0.3, -0.25) is 14.2 Å². The van der Waals surface area contributed by atoms with Gasteiger partial charge in [-0.25, -0.2) is 13.8 Å². The molecule has 0 fully saturated rings. The summed E-state index contributed by atoms with van der Waals surface area (Å²) in [6.45, 7) is 3.19. The third-order valence-electron chi connectivity index (χ3n) is 4.78. The highest BCUT2D eigenvalue weighted by atomic mass is 19.1. The lowest BCUT2D eigenvalue weighted by atomic mass is 9.97. The summed E-state index contributed by atoms with van der Waals surface area (Å²) in [4.78, 5) is 28.6. The van der Waals surface area contributed by atoms with Crippen molar-refractivity contribution in [2.75, 3.05) is 18.5 Å². The van der Waals surface area contributed by atoms with E-state index in [0.29, 0.717) is 0 Å². The molecular formula is C20H18F2N4O5. The van der Waals surface area contributed by atoms with Crippen LogP contribution in [0, 0.1) is 11.6 Å². The number of nitrogens with zero attached hydrogens (tertiary/aromatic N) is 3. The molecule has 1 aliphatic heterocycles. The number of fused-ring (bicyclic) bond motifs is 1. The fraction of sp³-hybridized carbons (Fsp3) is 0.300. The number of aromatic nitrogens is 3. The van der Waals surface area contributed by atoms with Gasteiger partial charge in [0.15, 0.2) is 11.4 Å². The lowest BCUT2D eigenvalue weighted by Gasteiger charge is -2.33. The lowest BCUT2D eigenvalue weighted by molar-refractivity contribution is -0.143. The van der Waals surface area contributed by atoms with Crippen molar-refractivity contribution in [1.82, 2.24) is 14.7 Å². The van der Waals surface area contributed by atoms with Gasteiger partial charge in [0.2, 0.25) is 5.88 Å². The van der Waals surface area contributed by atoms with Gasteiger partial charge in [0.25, 0.3) is 5.56 Å². The van der Waals surface area contributed by atoms with Crippen LogP contribution in [0.4, 0.5) is 14.5 Å². The highest BCUT2D eigenvalue weighted by molar-refractivity contribution is 5.69. The summed E-state index contributed by atoms with van der Waals surface area (Å²) in [7, 11) is 0. The van der Waals surface area contributed by atoms with E-state index in [4.69, 9.17) is 14.0 Å². The van der Waals surface area contributed by atoms with Crippen molar-refractivity contribution in [2.24, 2.45) is 0 Å². The first-order valence-corrected chi connectivity index (χ1v) is 9.40. The van der Waals surface area contributed by atoms with Crippen molar-refractivity contribution >= 4 is 11.7 Å². The van der Waals surface area contributed by atoms with E-state index in [1.807, 2.05) is 0 Å². The second kappa shape index (κ2) is 7.82. The van der Waals surface area contributed by atoms with Crippen molar-refractivity contribution < 1.29 is 27.6 Å². The molecule has 0 amide bonds. The number of carbonyl (C=O) groups is 1. The van der Waals surface area contributed by atoms with Gasteiger partial charge in [-0.1, -0.05) is 11.2 Å². The number of rotatable bonds is 5. The average molecular weight is 432 g/mol. The number of benzene rings is 1. The first-order chi connectivity index (χ1) is 14.8. The van der Waals surface area contributed by atoms with Crippen LogP contribution in [-0.4, -0.2) is 33.9 Å². The third-order valence-corrected chi connectivity index (χ3v) is 4.78. The van der Waals surface area contributed by atoms with Crippen LogP contribution in [-0.2, 0) is 21.6 Å². The molecule has 0 radical (unpaired) electrons. The van der Waals surface area contributed by atoms with Gasteiger partial charge in [0.1, 0.15) is 42.3 Å². The standard InChI is InChI=1S/C20H18F2N4O5/c1-3-29-15(27)8-26-10-23-18-17(19(26)28)24-20(2,9-30-18)14-7-13(25-31-14)16-11(21)5-4-6-12(16)22/h4-7,10,24H,3,8-9H2,1-2H3/t20-/m0/s1. The normalized spacial score (nSPS) is 17.4. The molecule has 162 valence electrons. The molecule has 11 heteroatoms. The summed E-state index contributed by atoms with van der Waals surface area (Å²) in [6, 6.07) is 4.85. The molecule has 0 saturated heterocycles. The smallest absolute Gasteiger partial charge is 0.326 e. The highest BCUT2D eigenvalue weighted by Gasteiger charge is 2.39. The zero-order valence-electron chi connectivity index (χ0n) is 16.6. The Kier molecular flexibility index (Phi) is 5.17. The predicted molar refractivity (Wildman–Crippen MR) is 103 cm³/mol. The number of anilines is 1. The predicted octanol–water partition coefficient (Wildman–Crippen LogP) is 2.46. The Morgan fingerprint density at radius 2 is 2.10 bits per heavy atom. The maximum Gasteiger partial charge on any atom is 0.326 e. The molecule has 0 unspecified atom stereocenters. The van der Waals surface area contributed by atoms with Crippen molar-refractivity contribution in [3.63, 3.8) is 0 Å². The maximum absolute atomic E-state index is 14.1. The lowest BCUT2D eigenvalue weighted by Crippen LogP contribution is -2.44. The number of esters is 1. The van der Waals surface area contributed by atoms with E-state index < -0.39 is 28.7 Å². The number of hydrogen-bond donors (Lipinski definition) is 1. The summed E-state index contributed by atoms with van der Waals surface area (Å²) in [5.74, 6) is -1.90. The molecule has 1 aromatic carbocycles. The number of halogens is 2. The zero-order chi connectivity index (χ0) is 22.2. The molecule has 0 aliphatic carbocycles. The Hall–Kier alpha value is -3.76. The number of carbonyl (C=O) groups excluding carboxylic acids is 1. The molecule has 4 rings (SSSR count). The summed E-state index contributed by atoms with van der Waals surface area (Å²) in [6.07, 6.45) is 1.19. The summed E-state index contributed by atoms with van der Waals surface area (Å²) < 4.78 is 45.0. The van der Waals surface area contributed by atoms with E-state index in [0.717, 1.165) is 16.7 Å². The van der Waals surface area contributed by atoms with Crippen LogP contribution < -0.4 is 15.6 Å². The molecule has 1 N–H and O–H groups in total. The fourth-order valence-electron chi connectivity index (χ4n) is 3.20. The van der Waals surface area contributed by atoms with E-state index in [-0.39, 0.29) is 48.3 Å².